The van der Waals surface area contributed by atoms with E-state index in [4.69, 9.17) is 4.74 Å². The van der Waals surface area contributed by atoms with Gasteiger partial charge in [0, 0.05) is 25.7 Å². The fourth-order valence-corrected chi connectivity index (χ4v) is 2.26. The molecule has 2 rings (SSSR count). The van der Waals surface area contributed by atoms with Gasteiger partial charge in [0.15, 0.2) is 17.5 Å². The number of nitrogens with one attached hydrogen (secondary N) is 1. The summed E-state index contributed by atoms with van der Waals surface area (Å²) in [6.07, 6.45) is 0.398. The number of guanidine groups is 1. The molecule has 1 aliphatic heterocycles. The van der Waals surface area contributed by atoms with Gasteiger partial charge in [-0.1, -0.05) is 0 Å². The van der Waals surface area contributed by atoms with Gasteiger partial charge in [-0.2, -0.15) is 0 Å². The Hall–Kier alpha value is -1.16. The molecule has 0 unspecified atom stereocenters. The summed E-state index contributed by atoms with van der Waals surface area (Å²) < 4.78 is 31.4. The molecule has 0 spiro atoms. The number of aliphatic imine (C=N–C) groups is 1. The number of nitrogens with zero attached hydrogens (tertiary/aromatic N) is 2. The van der Waals surface area contributed by atoms with E-state index in [1.807, 2.05) is 11.8 Å². The molecular weight excluding hydrogens is 419 g/mol. The molecule has 1 atom stereocenters. The summed E-state index contributed by atoms with van der Waals surface area (Å²) in [7, 11) is 0. The highest BCUT2D eigenvalue weighted by Crippen LogP contribution is 2.17. The molecule has 0 saturated carbocycles. The lowest BCUT2D eigenvalue weighted by Crippen LogP contribution is -2.40. The Morgan fingerprint density at radius 1 is 1.48 bits per heavy atom. The van der Waals surface area contributed by atoms with E-state index < -0.39 is 11.6 Å². The van der Waals surface area contributed by atoms with Crippen molar-refractivity contribution < 1.29 is 18.6 Å². The maximum Gasteiger partial charge on any atom is 0.194 e. The lowest BCUT2D eigenvalue weighted by molar-refractivity contribution is 0.187. The summed E-state index contributed by atoms with van der Waals surface area (Å²) in [4.78, 5) is 6.37. The smallest absolute Gasteiger partial charge is 0.194 e. The molecular formula is C15H22F2IN3O2. The molecule has 1 saturated heterocycles. The number of ether oxygens (including phenoxy) is 1. The van der Waals surface area contributed by atoms with Crippen LogP contribution in [0.5, 0.6) is 5.75 Å². The molecule has 1 aliphatic rings. The molecule has 1 aromatic carbocycles. The van der Waals surface area contributed by atoms with Crippen LogP contribution in [-0.4, -0.2) is 54.9 Å². The third-order valence-corrected chi connectivity index (χ3v) is 3.30. The van der Waals surface area contributed by atoms with Gasteiger partial charge in [-0.05, 0) is 25.5 Å². The van der Waals surface area contributed by atoms with E-state index in [1.54, 1.807) is 0 Å². The number of aliphatic hydroxyl groups excluding tert-OH is 1. The minimum absolute atomic E-state index is 0. The van der Waals surface area contributed by atoms with Crippen molar-refractivity contribution in [3.05, 3.63) is 29.8 Å². The summed E-state index contributed by atoms with van der Waals surface area (Å²) in [5.74, 6) is -0.635. The first-order chi connectivity index (χ1) is 10.6. The first-order valence-corrected chi connectivity index (χ1v) is 7.39. The van der Waals surface area contributed by atoms with E-state index in [9.17, 15) is 13.9 Å². The zero-order chi connectivity index (χ0) is 15.9. The van der Waals surface area contributed by atoms with E-state index in [-0.39, 0.29) is 42.4 Å². The molecule has 0 bridgehead atoms. The average molecular weight is 441 g/mol. The van der Waals surface area contributed by atoms with Crippen molar-refractivity contribution in [3.8, 4) is 5.75 Å². The summed E-state index contributed by atoms with van der Waals surface area (Å²) in [6, 6.07) is 3.20. The second-order valence-corrected chi connectivity index (χ2v) is 5.05. The number of hydrogen-bond donors (Lipinski definition) is 2. The number of halogens is 3. The Balaban J connectivity index is 0.00000264. The molecule has 1 aromatic rings. The largest absolute Gasteiger partial charge is 0.489 e. The van der Waals surface area contributed by atoms with E-state index in [1.165, 1.54) is 6.07 Å². The molecule has 2 N–H and O–H groups in total. The first kappa shape index (κ1) is 19.9. The standard InChI is InChI=1S/C15H21F2N3O2.HI/c1-2-18-15(20-7-5-12(21)10-20)19-6-8-22-14-4-3-11(16)9-13(14)17;/h3-4,9,12,21H,2,5-8,10H2,1H3,(H,18,19);1H/t12-;/m1./s1. The van der Waals surface area contributed by atoms with Crippen LogP contribution in [0.3, 0.4) is 0 Å². The average Bonchev–Trinajstić information content (AvgIpc) is 2.90. The summed E-state index contributed by atoms with van der Waals surface area (Å²) in [5.41, 5.74) is 0. The second kappa shape index (κ2) is 9.86. The topological polar surface area (TPSA) is 57.1 Å². The Labute approximate surface area is 151 Å². The van der Waals surface area contributed by atoms with Gasteiger partial charge in [-0.3, -0.25) is 0 Å². The molecule has 23 heavy (non-hydrogen) atoms. The lowest BCUT2D eigenvalue weighted by Gasteiger charge is -2.20. The normalized spacial score (nSPS) is 17.8. The highest BCUT2D eigenvalue weighted by atomic mass is 127. The van der Waals surface area contributed by atoms with Gasteiger partial charge in [-0.25, -0.2) is 13.8 Å². The van der Waals surface area contributed by atoms with Gasteiger partial charge >= 0.3 is 0 Å². The van der Waals surface area contributed by atoms with Gasteiger partial charge in [0.25, 0.3) is 0 Å². The Bertz CT molecular complexity index is 531. The van der Waals surface area contributed by atoms with Gasteiger partial charge in [0.05, 0.1) is 12.6 Å². The molecule has 0 aromatic heterocycles. The minimum Gasteiger partial charge on any atom is -0.489 e. The van der Waals surface area contributed by atoms with Crippen molar-refractivity contribution in [2.75, 3.05) is 32.8 Å². The fraction of sp³-hybridized carbons (Fsp3) is 0.533. The van der Waals surface area contributed by atoms with Crippen molar-refractivity contribution in [1.29, 1.82) is 0 Å². The van der Waals surface area contributed by atoms with Gasteiger partial charge in [-0.15, -0.1) is 24.0 Å². The molecule has 1 heterocycles. The van der Waals surface area contributed by atoms with Crippen LogP contribution in [0.2, 0.25) is 0 Å². The molecule has 1 fully saturated rings. The Morgan fingerprint density at radius 2 is 2.26 bits per heavy atom. The van der Waals surface area contributed by atoms with Crippen LogP contribution in [0, 0.1) is 11.6 Å². The predicted molar refractivity (Wildman–Crippen MR) is 95.4 cm³/mol. The van der Waals surface area contributed by atoms with Crippen molar-refractivity contribution in [2.45, 2.75) is 19.4 Å². The van der Waals surface area contributed by atoms with Gasteiger partial charge < -0.3 is 20.1 Å². The van der Waals surface area contributed by atoms with Crippen LogP contribution in [-0.2, 0) is 0 Å². The quantitative estimate of drug-likeness (QED) is 0.318. The number of aliphatic hydroxyl groups is 1. The van der Waals surface area contributed by atoms with Crippen LogP contribution in [0.1, 0.15) is 13.3 Å². The van der Waals surface area contributed by atoms with E-state index in [0.717, 1.165) is 31.6 Å². The van der Waals surface area contributed by atoms with Crippen LogP contribution >= 0.6 is 24.0 Å². The SMILES string of the molecule is CCNC(=NCCOc1ccc(F)cc1F)N1CC[C@@H](O)C1.I. The maximum atomic E-state index is 13.4. The fourth-order valence-electron chi connectivity index (χ4n) is 2.26. The zero-order valence-corrected chi connectivity index (χ0v) is 15.3. The molecule has 0 amide bonds. The van der Waals surface area contributed by atoms with E-state index in [0.29, 0.717) is 19.0 Å². The number of hydrogen-bond acceptors (Lipinski definition) is 3. The van der Waals surface area contributed by atoms with Gasteiger partial charge in [0.1, 0.15) is 12.4 Å². The highest BCUT2D eigenvalue weighted by Gasteiger charge is 2.22. The van der Waals surface area contributed by atoms with Gasteiger partial charge in [0.2, 0.25) is 0 Å². The monoisotopic (exact) mass is 441 g/mol. The Morgan fingerprint density at radius 3 is 2.87 bits per heavy atom. The van der Waals surface area contributed by atoms with E-state index in [2.05, 4.69) is 10.3 Å². The summed E-state index contributed by atoms with van der Waals surface area (Å²) in [6.45, 7) is 4.52. The highest BCUT2D eigenvalue weighted by molar-refractivity contribution is 14.0. The lowest BCUT2D eigenvalue weighted by atomic mass is 10.3. The zero-order valence-electron chi connectivity index (χ0n) is 13.0. The molecule has 130 valence electrons. The second-order valence-electron chi connectivity index (χ2n) is 5.05. The first-order valence-electron chi connectivity index (χ1n) is 7.39. The number of benzene rings is 1. The van der Waals surface area contributed by atoms with Crippen LogP contribution in [0.25, 0.3) is 0 Å². The van der Waals surface area contributed by atoms with Crippen molar-refractivity contribution in [1.82, 2.24) is 10.2 Å². The van der Waals surface area contributed by atoms with E-state index >= 15 is 0 Å². The van der Waals surface area contributed by atoms with Crippen LogP contribution in [0.4, 0.5) is 8.78 Å². The molecule has 0 radical (unpaired) electrons. The predicted octanol–water partition coefficient (Wildman–Crippen LogP) is 1.99. The summed E-state index contributed by atoms with van der Waals surface area (Å²) in [5, 5.41) is 12.7. The molecule has 0 aliphatic carbocycles. The number of rotatable bonds is 5. The number of β-amino-alcohol motifs (C(OH)–C–C–N with tert-alkyl or cyclic N) is 1. The Kier molecular flexibility index (Phi) is 8.53. The third kappa shape index (κ3) is 6.09. The van der Waals surface area contributed by atoms with Crippen molar-refractivity contribution in [3.63, 3.8) is 0 Å². The van der Waals surface area contributed by atoms with Crippen molar-refractivity contribution >= 4 is 29.9 Å². The maximum absolute atomic E-state index is 13.4. The van der Waals surface area contributed by atoms with Crippen molar-refractivity contribution in [2.24, 2.45) is 4.99 Å². The third-order valence-electron chi connectivity index (χ3n) is 3.30. The molecule has 5 nitrogen and oxygen atoms in total. The summed E-state index contributed by atoms with van der Waals surface area (Å²) >= 11 is 0. The molecule has 8 heteroatoms. The number of likely N-dealkylation sites (tertiary alicyclic amines) is 1. The minimum atomic E-state index is -0.724. The van der Waals surface area contributed by atoms with Crippen LogP contribution in [0.15, 0.2) is 23.2 Å². The van der Waals surface area contributed by atoms with Crippen LogP contribution < -0.4 is 10.1 Å².